The molecule has 4 aromatic rings. The largest absolute Gasteiger partial charge is 0.232 e. The molecule has 0 N–H and O–H groups in total. The summed E-state index contributed by atoms with van der Waals surface area (Å²) in [5, 5.41) is 5.47. The van der Waals surface area contributed by atoms with Gasteiger partial charge in [-0.05, 0) is 54.1 Å². The highest BCUT2D eigenvalue weighted by molar-refractivity contribution is 7.90. The van der Waals surface area contributed by atoms with E-state index >= 15 is 0 Å². The van der Waals surface area contributed by atoms with Gasteiger partial charge in [0.05, 0.1) is 27.4 Å². The first kappa shape index (κ1) is 19.2. The SMILES string of the molecule is CS(=O)(=O)c1cccc(-c2ccc(-c3ccnn3-c3cc(Cl)cc(Cl)c3)s2)c1. The van der Waals surface area contributed by atoms with Gasteiger partial charge in [0.15, 0.2) is 9.84 Å². The molecule has 0 fully saturated rings. The van der Waals surface area contributed by atoms with Crippen LogP contribution in [0.15, 0.2) is 71.8 Å². The normalized spacial score (nSPS) is 11.7. The van der Waals surface area contributed by atoms with Crippen LogP contribution in [0.3, 0.4) is 0 Å². The van der Waals surface area contributed by atoms with Crippen molar-refractivity contribution in [1.82, 2.24) is 9.78 Å². The summed E-state index contributed by atoms with van der Waals surface area (Å²) in [5.41, 5.74) is 2.52. The Morgan fingerprint density at radius 3 is 2.36 bits per heavy atom. The average molecular weight is 449 g/mol. The van der Waals surface area contributed by atoms with Crippen LogP contribution in [0.25, 0.3) is 26.7 Å². The fourth-order valence-corrected chi connectivity index (χ4v) is 5.06. The number of benzene rings is 2. The number of hydrogen-bond acceptors (Lipinski definition) is 4. The lowest BCUT2D eigenvalue weighted by atomic mass is 10.2. The summed E-state index contributed by atoms with van der Waals surface area (Å²) in [6, 6.07) is 18.1. The number of halogens is 2. The Bertz CT molecular complexity index is 1260. The van der Waals surface area contributed by atoms with Crippen molar-refractivity contribution in [1.29, 1.82) is 0 Å². The van der Waals surface area contributed by atoms with Crippen molar-refractivity contribution in [3.63, 3.8) is 0 Å². The molecular weight excluding hydrogens is 435 g/mol. The van der Waals surface area contributed by atoms with Gasteiger partial charge in [0.1, 0.15) is 0 Å². The molecule has 0 aliphatic carbocycles. The maximum atomic E-state index is 11.8. The van der Waals surface area contributed by atoms with Crippen LogP contribution >= 0.6 is 34.5 Å². The van der Waals surface area contributed by atoms with E-state index in [4.69, 9.17) is 23.2 Å². The van der Waals surface area contributed by atoms with Crippen LogP contribution in [-0.4, -0.2) is 24.5 Å². The summed E-state index contributed by atoms with van der Waals surface area (Å²) in [6.45, 7) is 0. The zero-order chi connectivity index (χ0) is 19.9. The van der Waals surface area contributed by atoms with E-state index in [1.54, 1.807) is 58.6 Å². The first-order chi connectivity index (χ1) is 13.3. The van der Waals surface area contributed by atoms with Crippen LogP contribution < -0.4 is 0 Å². The van der Waals surface area contributed by atoms with E-state index in [0.717, 1.165) is 26.7 Å². The minimum atomic E-state index is -3.26. The highest BCUT2D eigenvalue weighted by Crippen LogP contribution is 2.36. The summed E-state index contributed by atoms with van der Waals surface area (Å²) in [4.78, 5) is 2.27. The van der Waals surface area contributed by atoms with Gasteiger partial charge in [-0.2, -0.15) is 5.10 Å². The van der Waals surface area contributed by atoms with Gasteiger partial charge in [-0.25, -0.2) is 13.1 Å². The van der Waals surface area contributed by atoms with Gasteiger partial charge in [-0.1, -0.05) is 35.3 Å². The third-order valence-electron chi connectivity index (χ3n) is 4.14. The van der Waals surface area contributed by atoms with Gasteiger partial charge in [0, 0.05) is 21.2 Å². The van der Waals surface area contributed by atoms with Crippen LogP contribution in [0.4, 0.5) is 0 Å². The Morgan fingerprint density at radius 1 is 0.929 bits per heavy atom. The fraction of sp³-hybridized carbons (Fsp3) is 0.0500. The van der Waals surface area contributed by atoms with Gasteiger partial charge >= 0.3 is 0 Å². The van der Waals surface area contributed by atoms with Crippen LogP contribution in [0.1, 0.15) is 0 Å². The quantitative estimate of drug-likeness (QED) is 0.385. The summed E-state index contributed by atoms with van der Waals surface area (Å²) in [5.74, 6) is 0. The maximum Gasteiger partial charge on any atom is 0.175 e. The summed E-state index contributed by atoms with van der Waals surface area (Å²) in [6.07, 6.45) is 2.93. The molecule has 0 saturated carbocycles. The molecule has 8 heteroatoms. The lowest BCUT2D eigenvalue weighted by Crippen LogP contribution is -1.98. The molecule has 28 heavy (non-hydrogen) atoms. The lowest BCUT2D eigenvalue weighted by Gasteiger charge is -2.07. The van der Waals surface area contributed by atoms with Gasteiger partial charge in [0.25, 0.3) is 0 Å². The van der Waals surface area contributed by atoms with Crippen LogP contribution in [0.2, 0.25) is 10.0 Å². The minimum Gasteiger partial charge on any atom is -0.232 e. The third kappa shape index (κ3) is 3.86. The van der Waals surface area contributed by atoms with Gasteiger partial charge in [-0.3, -0.25) is 0 Å². The second-order valence-electron chi connectivity index (χ2n) is 6.22. The Balaban J connectivity index is 1.75. The second-order valence-corrected chi connectivity index (χ2v) is 10.2. The average Bonchev–Trinajstić information content (AvgIpc) is 3.29. The van der Waals surface area contributed by atoms with E-state index in [2.05, 4.69) is 5.10 Å². The number of rotatable bonds is 4. The van der Waals surface area contributed by atoms with Gasteiger partial charge in [-0.15, -0.1) is 11.3 Å². The topological polar surface area (TPSA) is 52.0 Å². The lowest BCUT2D eigenvalue weighted by molar-refractivity contribution is 0.602. The van der Waals surface area contributed by atoms with E-state index < -0.39 is 9.84 Å². The molecule has 0 bridgehead atoms. The molecule has 2 aromatic carbocycles. The highest BCUT2D eigenvalue weighted by Gasteiger charge is 2.14. The van der Waals surface area contributed by atoms with Crippen molar-refractivity contribution < 1.29 is 8.42 Å². The molecule has 0 aliphatic heterocycles. The van der Waals surface area contributed by atoms with Crippen molar-refractivity contribution in [3.05, 3.63) is 76.9 Å². The molecule has 2 aromatic heterocycles. The molecule has 2 heterocycles. The van der Waals surface area contributed by atoms with Gasteiger partial charge < -0.3 is 0 Å². The zero-order valence-corrected chi connectivity index (χ0v) is 17.8. The van der Waals surface area contributed by atoms with Gasteiger partial charge in [0.2, 0.25) is 0 Å². The van der Waals surface area contributed by atoms with Crippen LogP contribution in [-0.2, 0) is 9.84 Å². The van der Waals surface area contributed by atoms with Crippen LogP contribution in [0.5, 0.6) is 0 Å². The first-order valence-corrected chi connectivity index (χ1v) is 11.7. The maximum absolute atomic E-state index is 11.8. The molecule has 4 rings (SSSR count). The Kier molecular flexibility index (Phi) is 5.05. The van der Waals surface area contributed by atoms with E-state index in [-0.39, 0.29) is 0 Å². The summed E-state index contributed by atoms with van der Waals surface area (Å²) >= 11 is 13.8. The number of thiophene rings is 1. The third-order valence-corrected chi connectivity index (χ3v) is 6.84. The number of nitrogens with zero attached hydrogens (tertiary/aromatic N) is 2. The van der Waals surface area contributed by atoms with E-state index in [1.165, 1.54) is 6.26 Å². The fourth-order valence-electron chi connectivity index (χ4n) is 2.87. The zero-order valence-electron chi connectivity index (χ0n) is 14.6. The number of sulfone groups is 1. The summed E-state index contributed by atoms with van der Waals surface area (Å²) in [7, 11) is -3.26. The second kappa shape index (κ2) is 7.37. The van der Waals surface area contributed by atoms with Crippen molar-refractivity contribution in [3.8, 4) is 26.7 Å². The molecule has 0 spiro atoms. The minimum absolute atomic E-state index is 0.304. The highest BCUT2D eigenvalue weighted by atomic mass is 35.5. The smallest absolute Gasteiger partial charge is 0.175 e. The van der Waals surface area contributed by atoms with Crippen molar-refractivity contribution in [2.75, 3.05) is 6.26 Å². The molecular formula is C20H14Cl2N2O2S2. The molecule has 0 unspecified atom stereocenters. The van der Waals surface area contributed by atoms with Crippen LogP contribution in [0, 0.1) is 0 Å². The standard InChI is InChI=1S/C20H14Cl2N2O2S2/c1-28(25,26)17-4-2-3-13(9-17)19-5-6-20(27-19)18-7-8-23-24(18)16-11-14(21)10-15(22)12-16/h2-12H,1H3. The molecule has 0 radical (unpaired) electrons. The Morgan fingerprint density at radius 2 is 1.64 bits per heavy atom. The van der Waals surface area contributed by atoms with Crippen molar-refractivity contribution in [2.24, 2.45) is 0 Å². The van der Waals surface area contributed by atoms with Crippen molar-refractivity contribution >= 4 is 44.4 Å². The predicted molar refractivity (Wildman–Crippen MR) is 115 cm³/mol. The van der Waals surface area contributed by atoms with E-state index in [9.17, 15) is 8.42 Å². The Hall–Kier alpha value is -2.12. The molecule has 0 amide bonds. The molecule has 0 aliphatic rings. The molecule has 142 valence electrons. The first-order valence-electron chi connectivity index (χ1n) is 8.22. The number of hydrogen-bond donors (Lipinski definition) is 0. The van der Waals surface area contributed by atoms with Crippen molar-refractivity contribution in [2.45, 2.75) is 4.90 Å². The monoisotopic (exact) mass is 448 g/mol. The molecule has 0 atom stereocenters. The Labute approximate surface area is 176 Å². The predicted octanol–water partition coefficient (Wildman–Crippen LogP) is 5.98. The molecule has 0 saturated heterocycles. The summed E-state index contributed by atoms with van der Waals surface area (Å²) < 4.78 is 25.4. The van der Waals surface area contributed by atoms with E-state index in [0.29, 0.717) is 14.9 Å². The van der Waals surface area contributed by atoms with E-state index in [1.807, 2.05) is 24.3 Å². The number of aromatic nitrogens is 2. The molecule has 4 nitrogen and oxygen atoms in total.